The zero-order chi connectivity index (χ0) is 29.9. The van der Waals surface area contributed by atoms with Gasteiger partial charge in [-0.2, -0.15) is 0 Å². The number of β-amino-alcohol motifs (C(OH)–C–C–N with tert-alkyl or cyclic N) is 1. The lowest BCUT2D eigenvalue weighted by Crippen LogP contribution is -2.51. The topological polar surface area (TPSA) is 116 Å². The second kappa shape index (κ2) is 12.2. The van der Waals surface area contributed by atoms with Crippen LogP contribution in [-0.4, -0.2) is 69.1 Å². The lowest BCUT2D eigenvalue weighted by Gasteiger charge is -2.39. The zero-order valence-electron chi connectivity index (χ0n) is 23.3. The monoisotopic (exact) mass is 587 g/mol. The highest BCUT2D eigenvalue weighted by Crippen LogP contribution is 2.30. The van der Waals surface area contributed by atoms with Crippen molar-refractivity contribution in [3.63, 3.8) is 0 Å². The molecule has 3 heterocycles. The predicted molar refractivity (Wildman–Crippen MR) is 157 cm³/mol. The van der Waals surface area contributed by atoms with E-state index in [1.54, 1.807) is 35.1 Å². The summed E-state index contributed by atoms with van der Waals surface area (Å²) in [6.45, 7) is 2.85. The standard InChI is InChI=1S/C31H31F2N7O3/c32-21-11-20(12-22(33)13-21)30(42)35-24-5-4-6-26(14-24)40-17-25(36-37-40)16-34-23-7-8-29(39-18-27(41)19-39)28(15-23)31(43)38-9-2-1-3-10-38/h4-8,11-15,17,27,34,41H,1-3,9-10,16,18-19H2,(H,35,42). The highest BCUT2D eigenvalue weighted by atomic mass is 19.1. The Labute approximate surface area is 246 Å². The van der Waals surface area contributed by atoms with Crippen LogP contribution < -0.4 is 15.5 Å². The van der Waals surface area contributed by atoms with Crippen molar-refractivity contribution in [2.24, 2.45) is 0 Å². The van der Waals surface area contributed by atoms with Crippen LogP contribution in [0.25, 0.3) is 5.69 Å². The fourth-order valence-corrected chi connectivity index (χ4v) is 5.32. The van der Waals surface area contributed by atoms with Crippen molar-refractivity contribution in [1.29, 1.82) is 0 Å². The van der Waals surface area contributed by atoms with Crippen LogP contribution in [0.15, 0.2) is 66.9 Å². The summed E-state index contributed by atoms with van der Waals surface area (Å²) in [6.07, 6.45) is 4.49. The Hall–Kier alpha value is -4.84. The summed E-state index contributed by atoms with van der Waals surface area (Å²) < 4.78 is 28.6. The highest BCUT2D eigenvalue weighted by Gasteiger charge is 2.30. The first-order valence-electron chi connectivity index (χ1n) is 14.2. The SMILES string of the molecule is O=C(Nc1cccc(-n2cc(CNc3ccc(N4CC(O)C4)c(C(=O)N4CCCCC4)c3)nn2)c1)c1cc(F)cc(F)c1. The Morgan fingerprint density at radius 2 is 1.70 bits per heavy atom. The van der Waals surface area contributed by atoms with E-state index in [0.717, 1.165) is 55.9 Å². The summed E-state index contributed by atoms with van der Waals surface area (Å²) >= 11 is 0. The van der Waals surface area contributed by atoms with E-state index in [9.17, 15) is 23.5 Å². The summed E-state index contributed by atoms with van der Waals surface area (Å²) in [4.78, 5) is 29.9. The molecule has 3 N–H and O–H groups in total. The largest absolute Gasteiger partial charge is 0.389 e. The van der Waals surface area contributed by atoms with Crippen molar-refractivity contribution < 1.29 is 23.5 Å². The summed E-state index contributed by atoms with van der Waals surface area (Å²) in [7, 11) is 0. The number of carbonyl (C=O) groups excluding carboxylic acids is 2. The number of aromatic nitrogens is 3. The van der Waals surface area contributed by atoms with Gasteiger partial charge in [0.1, 0.15) is 17.3 Å². The Bertz CT molecular complexity index is 1630. The van der Waals surface area contributed by atoms with Crippen LogP contribution in [0.4, 0.5) is 25.8 Å². The van der Waals surface area contributed by atoms with Crippen LogP contribution in [0.1, 0.15) is 45.7 Å². The number of likely N-dealkylation sites (tertiary alicyclic amines) is 1. The highest BCUT2D eigenvalue weighted by molar-refractivity contribution is 6.04. The zero-order valence-corrected chi connectivity index (χ0v) is 23.3. The number of hydrogen-bond donors (Lipinski definition) is 3. The van der Waals surface area contributed by atoms with E-state index in [1.165, 1.54) is 0 Å². The first-order chi connectivity index (χ1) is 20.8. The Balaban J connectivity index is 1.13. The molecule has 0 atom stereocenters. The molecule has 4 aromatic rings. The number of anilines is 3. The van der Waals surface area contributed by atoms with E-state index in [-0.39, 0.29) is 17.6 Å². The maximum absolute atomic E-state index is 13.5. The molecule has 10 nitrogen and oxygen atoms in total. The number of aliphatic hydroxyl groups excluding tert-OH is 1. The number of aliphatic hydroxyl groups is 1. The van der Waals surface area contributed by atoms with Gasteiger partial charge in [-0.05, 0) is 67.8 Å². The number of halogens is 2. The van der Waals surface area contributed by atoms with Gasteiger partial charge in [0.05, 0.1) is 30.1 Å². The molecule has 0 radical (unpaired) electrons. The van der Waals surface area contributed by atoms with Gasteiger partial charge in [-0.3, -0.25) is 9.59 Å². The smallest absolute Gasteiger partial charge is 0.256 e. The minimum Gasteiger partial charge on any atom is -0.389 e. The van der Waals surface area contributed by atoms with E-state index in [4.69, 9.17) is 0 Å². The average molecular weight is 588 g/mol. The molecule has 222 valence electrons. The van der Waals surface area contributed by atoms with Crippen LogP contribution in [0.5, 0.6) is 0 Å². The maximum Gasteiger partial charge on any atom is 0.256 e. The molecule has 6 rings (SSSR count). The normalized spacial score (nSPS) is 15.2. The van der Waals surface area contributed by atoms with Gasteiger partial charge in [-0.15, -0.1) is 5.10 Å². The number of nitrogens with one attached hydrogen (secondary N) is 2. The third-order valence-electron chi connectivity index (χ3n) is 7.58. The first-order valence-corrected chi connectivity index (χ1v) is 14.2. The molecule has 2 aliphatic heterocycles. The van der Waals surface area contributed by atoms with Crippen molar-refractivity contribution >= 4 is 28.9 Å². The summed E-state index contributed by atoms with van der Waals surface area (Å²) in [6, 6.07) is 15.2. The van der Waals surface area contributed by atoms with E-state index in [0.29, 0.717) is 48.3 Å². The molecule has 2 fully saturated rings. The van der Waals surface area contributed by atoms with Crippen molar-refractivity contribution in [2.45, 2.75) is 31.9 Å². The van der Waals surface area contributed by atoms with E-state index < -0.39 is 17.5 Å². The van der Waals surface area contributed by atoms with E-state index in [2.05, 4.69) is 20.9 Å². The molecule has 12 heteroatoms. The molecule has 2 saturated heterocycles. The molecule has 3 aromatic carbocycles. The molecule has 0 saturated carbocycles. The van der Waals surface area contributed by atoms with Crippen LogP contribution in [0.3, 0.4) is 0 Å². The minimum atomic E-state index is -0.834. The fourth-order valence-electron chi connectivity index (χ4n) is 5.32. The molecule has 2 amide bonds. The fraction of sp³-hybridized carbons (Fsp3) is 0.290. The molecular formula is C31H31F2N7O3. The number of benzene rings is 3. The van der Waals surface area contributed by atoms with Crippen LogP contribution in [-0.2, 0) is 6.54 Å². The maximum atomic E-state index is 13.5. The number of piperidine rings is 1. The van der Waals surface area contributed by atoms with Crippen LogP contribution >= 0.6 is 0 Å². The van der Waals surface area contributed by atoms with Crippen molar-refractivity contribution in [3.8, 4) is 5.69 Å². The van der Waals surface area contributed by atoms with Crippen LogP contribution in [0, 0.1) is 11.6 Å². The number of rotatable bonds is 8. The molecule has 2 aliphatic rings. The third-order valence-corrected chi connectivity index (χ3v) is 7.58. The number of carbonyl (C=O) groups is 2. The van der Waals surface area contributed by atoms with E-state index in [1.807, 2.05) is 28.0 Å². The molecular weight excluding hydrogens is 556 g/mol. The minimum absolute atomic E-state index is 0.000177. The van der Waals surface area contributed by atoms with Gasteiger partial charge in [0.2, 0.25) is 0 Å². The molecule has 43 heavy (non-hydrogen) atoms. The van der Waals surface area contributed by atoms with Crippen molar-refractivity contribution in [2.75, 3.05) is 41.7 Å². The lowest BCUT2D eigenvalue weighted by molar-refractivity contribution is 0.0723. The summed E-state index contributed by atoms with van der Waals surface area (Å²) in [5, 5.41) is 24.2. The van der Waals surface area contributed by atoms with Gasteiger partial charge in [-0.1, -0.05) is 11.3 Å². The Morgan fingerprint density at radius 1 is 0.930 bits per heavy atom. The molecule has 0 aliphatic carbocycles. The van der Waals surface area contributed by atoms with E-state index >= 15 is 0 Å². The molecule has 0 bridgehead atoms. The van der Waals surface area contributed by atoms with Gasteiger partial charge in [0, 0.05) is 54.9 Å². The van der Waals surface area contributed by atoms with Gasteiger partial charge in [0.25, 0.3) is 11.8 Å². The summed E-state index contributed by atoms with van der Waals surface area (Å²) in [5.41, 5.74) is 3.75. The van der Waals surface area contributed by atoms with Crippen molar-refractivity contribution in [1.82, 2.24) is 19.9 Å². The second-order valence-corrected chi connectivity index (χ2v) is 10.8. The average Bonchev–Trinajstić information content (AvgIpc) is 3.47. The van der Waals surface area contributed by atoms with Crippen LogP contribution in [0.2, 0.25) is 0 Å². The van der Waals surface area contributed by atoms with Crippen molar-refractivity contribution in [3.05, 3.63) is 95.3 Å². The van der Waals surface area contributed by atoms with Gasteiger partial charge in [-0.25, -0.2) is 13.5 Å². The molecule has 1 aromatic heterocycles. The third kappa shape index (κ3) is 6.49. The number of nitrogens with zero attached hydrogens (tertiary/aromatic N) is 5. The number of hydrogen-bond acceptors (Lipinski definition) is 7. The molecule has 0 unspecified atom stereocenters. The van der Waals surface area contributed by atoms with Gasteiger partial charge >= 0.3 is 0 Å². The van der Waals surface area contributed by atoms with Gasteiger partial charge < -0.3 is 25.5 Å². The first kappa shape index (κ1) is 28.3. The second-order valence-electron chi connectivity index (χ2n) is 10.8. The lowest BCUT2D eigenvalue weighted by atomic mass is 10.0. The Kier molecular flexibility index (Phi) is 8.01. The molecule has 0 spiro atoms. The summed E-state index contributed by atoms with van der Waals surface area (Å²) in [5.74, 6) is -2.31. The predicted octanol–water partition coefficient (Wildman–Crippen LogP) is 4.22. The number of amides is 2. The quantitative estimate of drug-likeness (QED) is 0.283. The Morgan fingerprint density at radius 3 is 2.44 bits per heavy atom. The van der Waals surface area contributed by atoms with Gasteiger partial charge in [0.15, 0.2) is 0 Å².